The summed E-state index contributed by atoms with van der Waals surface area (Å²) in [5.74, 6) is -2.67. The number of carbonyl (C=O) groups excluding carboxylic acids is 3. The summed E-state index contributed by atoms with van der Waals surface area (Å²) in [6, 6.07) is 4.51. The van der Waals surface area contributed by atoms with Crippen LogP contribution >= 0.6 is 0 Å². The Bertz CT molecular complexity index is 646. The first-order valence-electron chi connectivity index (χ1n) is 7.33. The highest BCUT2D eigenvalue weighted by Crippen LogP contribution is 2.20. The molecule has 24 heavy (non-hydrogen) atoms. The molecule has 0 bridgehead atoms. The molecule has 0 aliphatic heterocycles. The molecule has 0 fully saturated rings. The van der Waals surface area contributed by atoms with Gasteiger partial charge in [0.25, 0.3) is 0 Å². The van der Waals surface area contributed by atoms with Gasteiger partial charge in [-0.1, -0.05) is 18.7 Å². The Kier molecular flexibility index (Phi) is 7.13. The standard InChI is InChI=1S/C17H20O7/c1-5-22-16(20)13-8-6-7-12(9-11(4)18)14(13)17(21)24-23-15(19)10(2)3/h6-8,11,18H,2,5,9H2,1,3-4H3. The molecule has 1 atom stereocenters. The molecule has 1 aromatic carbocycles. The van der Waals surface area contributed by atoms with E-state index >= 15 is 0 Å². The molecule has 0 saturated carbocycles. The largest absolute Gasteiger partial charge is 0.462 e. The molecule has 0 radical (unpaired) electrons. The number of esters is 1. The normalized spacial score (nSPS) is 11.3. The summed E-state index contributed by atoms with van der Waals surface area (Å²) in [5, 5.41) is 9.57. The summed E-state index contributed by atoms with van der Waals surface area (Å²) in [4.78, 5) is 44.5. The van der Waals surface area contributed by atoms with E-state index in [-0.39, 0.29) is 29.7 Å². The number of benzene rings is 1. The summed E-state index contributed by atoms with van der Waals surface area (Å²) in [7, 11) is 0. The summed E-state index contributed by atoms with van der Waals surface area (Å²) >= 11 is 0. The average molecular weight is 336 g/mol. The van der Waals surface area contributed by atoms with Gasteiger partial charge in [0.15, 0.2) is 0 Å². The average Bonchev–Trinajstić information content (AvgIpc) is 2.51. The van der Waals surface area contributed by atoms with E-state index in [0.29, 0.717) is 5.56 Å². The minimum Gasteiger partial charge on any atom is -0.462 e. The van der Waals surface area contributed by atoms with Crippen LogP contribution in [-0.2, 0) is 25.7 Å². The Balaban J connectivity index is 3.19. The van der Waals surface area contributed by atoms with Crippen molar-refractivity contribution in [2.75, 3.05) is 6.61 Å². The quantitative estimate of drug-likeness (QED) is 0.367. The van der Waals surface area contributed by atoms with Gasteiger partial charge in [-0.15, -0.1) is 0 Å². The van der Waals surface area contributed by atoms with Crippen molar-refractivity contribution in [2.45, 2.75) is 33.3 Å². The Hall–Kier alpha value is -2.67. The Morgan fingerprint density at radius 3 is 2.42 bits per heavy atom. The highest BCUT2D eigenvalue weighted by Gasteiger charge is 2.25. The van der Waals surface area contributed by atoms with Gasteiger partial charge in [-0.3, -0.25) is 0 Å². The van der Waals surface area contributed by atoms with Crippen LogP contribution in [0.15, 0.2) is 30.4 Å². The lowest BCUT2D eigenvalue weighted by Crippen LogP contribution is -2.20. The predicted octanol–water partition coefficient (Wildman–Crippen LogP) is 1.98. The summed E-state index contributed by atoms with van der Waals surface area (Å²) < 4.78 is 4.91. The lowest BCUT2D eigenvalue weighted by Gasteiger charge is -2.13. The van der Waals surface area contributed by atoms with E-state index in [9.17, 15) is 19.5 Å². The van der Waals surface area contributed by atoms with Gasteiger partial charge in [0.05, 0.1) is 23.8 Å². The van der Waals surface area contributed by atoms with Crippen LogP contribution in [0.2, 0.25) is 0 Å². The third-order valence-corrected chi connectivity index (χ3v) is 2.91. The lowest BCUT2D eigenvalue weighted by molar-refractivity contribution is -0.229. The summed E-state index contributed by atoms with van der Waals surface area (Å²) in [6.07, 6.45) is -0.654. The molecular formula is C17H20O7. The fraction of sp³-hybridized carbons (Fsp3) is 0.353. The SMILES string of the molecule is C=C(C)C(=O)OOC(=O)c1c(CC(C)O)cccc1C(=O)OCC. The van der Waals surface area contributed by atoms with Gasteiger partial charge in [-0.05, 0) is 38.8 Å². The van der Waals surface area contributed by atoms with Crippen LogP contribution in [0.3, 0.4) is 0 Å². The molecule has 1 rings (SSSR count). The van der Waals surface area contributed by atoms with E-state index in [2.05, 4.69) is 16.4 Å². The molecule has 1 aromatic rings. The van der Waals surface area contributed by atoms with Gasteiger partial charge < -0.3 is 9.84 Å². The maximum absolute atomic E-state index is 12.3. The third kappa shape index (κ3) is 5.20. The van der Waals surface area contributed by atoms with E-state index in [1.807, 2.05) is 0 Å². The number of hydrogen-bond donors (Lipinski definition) is 1. The number of carbonyl (C=O) groups is 3. The number of rotatable bonds is 6. The van der Waals surface area contributed by atoms with Crippen molar-refractivity contribution in [1.82, 2.24) is 0 Å². The molecular weight excluding hydrogens is 316 g/mol. The second kappa shape index (κ2) is 8.83. The van der Waals surface area contributed by atoms with Crippen LogP contribution in [-0.4, -0.2) is 35.7 Å². The predicted molar refractivity (Wildman–Crippen MR) is 84.1 cm³/mol. The maximum atomic E-state index is 12.3. The molecule has 0 aromatic heterocycles. The van der Waals surface area contributed by atoms with E-state index in [0.717, 1.165) is 0 Å². The number of ether oxygens (including phenoxy) is 1. The first-order valence-corrected chi connectivity index (χ1v) is 7.33. The molecule has 0 amide bonds. The third-order valence-electron chi connectivity index (χ3n) is 2.91. The topological polar surface area (TPSA) is 99.1 Å². The molecule has 0 aliphatic carbocycles. The van der Waals surface area contributed by atoms with Crippen LogP contribution in [0, 0.1) is 0 Å². The van der Waals surface area contributed by atoms with Gasteiger partial charge in [0.1, 0.15) is 0 Å². The van der Waals surface area contributed by atoms with Gasteiger partial charge >= 0.3 is 17.9 Å². The first kappa shape index (κ1) is 19.4. The Labute approximate surface area is 139 Å². The zero-order valence-electron chi connectivity index (χ0n) is 13.8. The molecule has 1 N–H and O–H groups in total. The zero-order chi connectivity index (χ0) is 18.3. The lowest BCUT2D eigenvalue weighted by atomic mass is 9.97. The highest BCUT2D eigenvalue weighted by atomic mass is 17.2. The van der Waals surface area contributed by atoms with E-state index < -0.39 is 24.0 Å². The molecule has 7 heteroatoms. The van der Waals surface area contributed by atoms with Crippen molar-refractivity contribution in [1.29, 1.82) is 0 Å². The van der Waals surface area contributed by atoms with E-state index in [1.165, 1.54) is 19.9 Å². The van der Waals surface area contributed by atoms with Gasteiger partial charge in [0.2, 0.25) is 0 Å². The highest BCUT2D eigenvalue weighted by molar-refractivity contribution is 6.04. The van der Waals surface area contributed by atoms with Crippen molar-refractivity contribution < 1.29 is 34.0 Å². The Morgan fingerprint density at radius 1 is 1.21 bits per heavy atom. The maximum Gasteiger partial charge on any atom is 0.387 e. The van der Waals surface area contributed by atoms with E-state index in [1.54, 1.807) is 19.1 Å². The Morgan fingerprint density at radius 2 is 1.88 bits per heavy atom. The smallest absolute Gasteiger partial charge is 0.387 e. The molecule has 0 heterocycles. The molecule has 1 unspecified atom stereocenters. The van der Waals surface area contributed by atoms with Crippen LogP contribution in [0.25, 0.3) is 0 Å². The summed E-state index contributed by atoms with van der Waals surface area (Å²) in [6.45, 7) is 8.04. The molecule has 0 aliphatic rings. The van der Waals surface area contributed by atoms with Crippen LogP contribution in [0.1, 0.15) is 47.1 Å². The van der Waals surface area contributed by atoms with Crippen LogP contribution in [0.4, 0.5) is 0 Å². The fourth-order valence-corrected chi connectivity index (χ4v) is 1.90. The first-order chi connectivity index (χ1) is 11.3. The summed E-state index contributed by atoms with van der Waals surface area (Å²) in [5.41, 5.74) is 0.260. The van der Waals surface area contributed by atoms with Crippen LogP contribution < -0.4 is 0 Å². The molecule has 130 valence electrons. The number of aliphatic hydroxyl groups excluding tert-OH is 1. The van der Waals surface area contributed by atoms with Crippen LogP contribution in [0.5, 0.6) is 0 Å². The van der Waals surface area contributed by atoms with Crippen molar-refractivity contribution in [3.8, 4) is 0 Å². The number of aliphatic hydroxyl groups is 1. The fourth-order valence-electron chi connectivity index (χ4n) is 1.90. The molecule has 7 nitrogen and oxygen atoms in total. The van der Waals surface area contributed by atoms with E-state index in [4.69, 9.17) is 4.74 Å². The second-order valence-electron chi connectivity index (χ2n) is 5.14. The molecule has 0 spiro atoms. The van der Waals surface area contributed by atoms with Crippen molar-refractivity contribution in [2.24, 2.45) is 0 Å². The second-order valence-corrected chi connectivity index (χ2v) is 5.14. The molecule has 0 saturated heterocycles. The minimum absolute atomic E-state index is 0.0358. The van der Waals surface area contributed by atoms with Crippen molar-refractivity contribution >= 4 is 17.9 Å². The van der Waals surface area contributed by atoms with Crippen molar-refractivity contribution in [3.05, 3.63) is 47.0 Å². The van der Waals surface area contributed by atoms with Gasteiger partial charge in [-0.25, -0.2) is 24.2 Å². The monoisotopic (exact) mass is 336 g/mol. The van der Waals surface area contributed by atoms with Crippen molar-refractivity contribution in [3.63, 3.8) is 0 Å². The van der Waals surface area contributed by atoms with Gasteiger partial charge in [0, 0.05) is 5.57 Å². The number of hydrogen-bond acceptors (Lipinski definition) is 7. The minimum atomic E-state index is -1.04. The zero-order valence-corrected chi connectivity index (χ0v) is 13.8. The van der Waals surface area contributed by atoms with Gasteiger partial charge in [-0.2, -0.15) is 0 Å².